The van der Waals surface area contributed by atoms with Crippen LogP contribution in [0.25, 0.3) is 11.1 Å². The first-order valence-electron chi connectivity index (χ1n) is 7.40. The Morgan fingerprint density at radius 2 is 2.00 bits per heavy atom. The molecule has 0 radical (unpaired) electrons. The summed E-state index contributed by atoms with van der Waals surface area (Å²) in [5.74, 6) is 1.58. The minimum Gasteiger partial charge on any atom is -0.367 e. The maximum Gasteiger partial charge on any atom is 0.230 e. The fraction of sp³-hybridized carbons (Fsp3) is 0.471. The van der Waals surface area contributed by atoms with E-state index in [-0.39, 0.29) is 0 Å². The molecule has 3 rings (SSSR count). The average molecular weight is 270 g/mol. The summed E-state index contributed by atoms with van der Waals surface area (Å²) in [7, 11) is 0. The van der Waals surface area contributed by atoms with Crippen molar-refractivity contribution < 1.29 is 4.52 Å². The summed E-state index contributed by atoms with van der Waals surface area (Å²) < 4.78 is 5.31. The third kappa shape index (κ3) is 2.11. The van der Waals surface area contributed by atoms with E-state index in [9.17, 15) is 0 Å². The van der Waals surface area contributed by atoms with Crippen LogP contribution in [0.5, 0.6) is 0 Å². The molecule has 1 saturated carbocycles. The number of aryl methyl sites for hydroxylation is 2. The van der Waals surface area contributed by atoms with Crippen LogP contribution in [-0.2, 0) is 0 Å². The smallest absolute Gasteiger partial charge is 0.230 e. The molecule has 1 aromatic heterocycles. The number of nitrogens with zero attached hydrogens (tertiary/aromatic N) is 1. The Bertz CT molecular complexity index is 630. The topological polar surface area (TPSA) is 52.0 Å². The molecule has 1 fully saturated rings. The molecule has 1 aliphatic rings. The average Bonchev–Trinajstić information content (AvgIpc) is 2.99. The molecule has 0 saturated heterocycles. The van der Waals surface area contributed by atoms with E-state index in [0.717, 1.165) is 16.8 Å². The maximum absolute atomic E-state index is 6.05. The standard InChI is InChI=1S/C17H22N2O/c1-10-7-8-13(9-12(10)3)15-16(19-20-17(15)18)14-6-4-5-11(14)2/h7-9,11,14H,4-6,18H2,1-3H3. The third-order valence-electron chi connectivity index (χ3n) is 4.75. The minimum atomic E-state index is 0.447. The summed E-state index contributed by atoms with van der Waals surface area (Å²) in [5, 5.41) is 4.28. The van der Waals surface area contributed by atoms with Crippen molar-refractivity contribution in [2.45, 2.75) is 46.0 Å². The van der Waals surface area contributed by atoms with Crippen molar-refractivity contribution in [3.8, 4) is 11.1 Å². The molecule has 2 aromatic rings. The molecule has 20 heavy (non-hydrogen) atoms. The second-order valence-corrected chi connectivity index (χ2v) is 6.12. The molecule has 1 aromatic carbocycles. The van der Waals surface area contributed by atoms with E-state index in [1.807, 2.05) is 0 Å². The summed E-state index contributed by atoms with van der Waals surface area (Å²) in [6, 6.07) is 6.44. The molecule has 2 unspecified atom stereocenters. The third-order valence-corrected chi connectivity index (χ3v) is 4.75. The minimum absolute atomic E-state index is 0.447. The molecule has 1 heterocycles. The highest BCUT2D eigenvalue weighted by Crippen LogP contribution is 2.44. The number of aromatic nitrogens is 1. The lowest BCUT2D eigenvalue weighted by Crippen LogP contribution is -2.04. The number of hydrogen-bond acceptors (Lipinski definition) is 3. The first kappa shape index (κ1) is 13.2. The van der Waals surface area contributed by atoms with Gasteiger partial charge in [0, 0.05) is 5.92 Å². The van der Waals surface area contributed by atoms with Crippen molar-refractivity contribution in [2.75, 3.05) is 5.73 Å². The number of nitrogens with two attached hydrogens (primary N) is 1. The van der Waals surface area contributed by atoms with Crippen molar-refractivity contribution in [3.63, 3.8) is 0 Å². The zero-order valence-corrected chi connectivity index (χ0v) is 12.4. The Morgan fingerprint density at radius 3 is 2.65 bits per heavy atom. The van der Waals surface area contributed by atoms with E-state index in [1.54, 1.807) is 0 Å². The van der Waals surface area contributed by atoms with E-state index < -0.39 is 0 Å². The van der Waals surface area contributed by atoms with Crippen LogP contribution in [0.4, 0.5) is 5.88 Å². The van der Waals surface area contributed by atoms with Gasteiger partial charge in [-0.05, 0) is 42.9 Å². The Hall–Kier alpha value is -1.77. The number of rotatable bonds is 2. The second-order valence-electron chi connectivity index (χ2n) is 6.12. The fourth-order valence-corrected chi connectivity index (χ4v) is 3.31. The van der Waals surface area contributed by atoms with Gasteiger partial charge in [0.1, 0.15) is 0 Å². The van der Waals surface area contributed by atoms with E-state index in [1.165, 1.54) is 30.4 Å². The molecule has 3 heteroatoms. The predicted octanol–water partition coefficient (Wildman–Crippen LogP) is 4.44. The van der Waals surface area contributed by atoms with Gasteiger partial charge in [-0.1, -0.05) is 43.1 Å². The van der Waals surface area contributed by atoms with Crippen LogP contribution in [0.1, 0.15) is 48.9 Å². The van der Waals surface area contributed by atoms with Crippen molar-refractivity contribution >= 4 is 5.88 Å². The lowest BCUT2D eigenvalue weighted by atomic mass is 9.89. The molecule has 2 atom stereocenters. The number of anilines is 1. The Balaban J connectivity index is 2.08. The zero-order valence-electron chi connectivity index (χ0n) is 12.4. The van der Waals surface area contributed by atoms with Crippen LogP contribution in [-0.4, -0.2) is 5.16 Å². The Morgan fingerprint density at radius 1 is 1.20 bits per heavy atom. The summed E-state index contributed by atoms with van der Waals surface area (Å²) in [6.45, 7) is 6.54. The van der Waals surface area contributed by atoms with E-state index >= 15 is 0 Å². The Kier molecular flexibility index (Phi) is 3.28. The van der Waals surface area contributed by atoms with Crippen LogP contribution in [0.2, 0.25) is 0 Å². The van der Waals surface area contributed by atoms with Crippen LogP contribution in [0.15, 0.2) is 22.7 Å². The van der Waals surface area contributed by atoms with E-state index in [0.29, 0.717) is 17.7 Å². The molecule has 106 valence electrons. The number of benzene rings is 1. The van der Waals surface area contributed by atoms with Gasteiger partial charge in [-0.3, -0.25) is 0 Å². The van der Waals surface area contributed by atoms with Crippen LogP contribution in [0, 0.1) is 19.8 Å². The highest BCUT2D eigenvalue weighted by Gasteiger charge is 2.31. The molecular formula is C17H22N2O. The molecule has 3 nitrogen and oxygen atoms in total. The summed E-state index contributed by atoms with van der Waals surface area (Å²) in [6.07, 6.45) is 3.72. The lowest BCUT2D eigenvalue weighted by molar-refractivity contribution is 0.407. The first-order chi connectivity index (χ1) is 9.58. The van der Waals surface area contributed by atoms with E-state index in [4.69, 9.17) is 10.3 Å². The normalized spacial score (nSPS) is 22.4. The van der Waals surface area contributed by atoms with Crippen LogP contribution < -0.4 is 5.73 Å². The predicted molar refractivity (Wildman–Crippen MR) is 81.6 cm³/mol. The highest BCUT2D eigenvalue weighted by molar-refractivity contribution is 5.76. The van der Waals surface area contributed by atoms with Gasteiger partial charge < -0.3 is 10.3 Å². The Labute approximate surface area is 120 Å². The summed E-state index contributed by atoms with van der Waals surface area (Å²) in [4.78, 5) is 0. The SMILES string of the molecule is Cc1ccc(-c2c(C3CCCC3C)noc2N)cc1C. The van der Waals surface area contributed by atoms with Crippen LogP contribution >= 0.6 is 0 Å². The molecular weight excluding hydrogens is 248 g/mol. The molecule has 1 aliphatic carbocycles. The molecule has 0 spiro atoms. The van der Waals surface area contributed by atoms with Crippen LogP contribution in [0.3, 0.4) is 0 Å². The molecule has 0 bridgehead atoms. The molecule has 0 aliphatic heterocycles. The lowest BCUT2D eigenvalue weighted by Gasteiger charge is -2.14. The molecule has 2 N–H and O–H groups in total. The molecule has 0 amide bonds. The van der Waals surface area contributed by atoms with Gasteiger partial charge in [-0.15, -0.1) is 0 Å². The van der Waals surface area contributed by atoms with Gasteiger partial charge in [0.15, 0.2) is 0 Å². The van der Waals surface area contributed by atoms with E-state index in [2.05, 4.69) is 44.1 Å². The van der Waals surface area contributed by atoms with Crippen molar-refractivity contribution in [1.29, 1.82) is 0 Å². The van der Waals surface area contributed by atoms with Crippen molar-refractivity contribution in [3.05, 3.63) is 35.0 Å². The van der Waals surface area contributed by atoms with Crippen molar-refractivity contribution in [1.82, 2.24) is 5.16 Å². The van der Waals surface area contributed by atoms with Gasteiger partial charge >= 0.3 is 0 Å². The van der Waals surface area contributed by atoms with Crippen molar-refractivity contribution in [2.24, 2.45) is 5.92 Å². The number of nitrogen functional groups attached to an aromatic ring is 1. The largest absolute Gasteiger partial charge is 0.367 e. The zero-order chi connectivity index (χ0) is 14.3. The van der Waals surface area contributed by atoms with Gasteiger partial charge in [0.2, 0.25) is 5.88 Å². The van der Waals surface area contributed by atoms with Gasteiger partial charge in [0.25, 0.3) is 0 Å². The van der Waals surface area contributed by atoms with Gasteiger partial charge in [-0.2, -0.15) is 0 Å². The number of hydrogen-bond donors (Lipinski definition) is 1. The fourth-order valence-electron chi connectivity index (χ4n) is 3.31. The quantitative estimate of drug-likeness (QED) is 0.877. The summed E-state index contributed by atoms with van der Waals surface area (Å²) in [5.41, 5.74) is 11.8. The van der Waals surface area contributed by atoms with Gasteiger partial charge in [-0.25, -0.2) is 0 Å². The maximum atomic E-state index is 6.05. The summed E-state index contributed by atoms with van der Waals surface area (Å²) >= 11 is 0. The monoisotopic (exact) mass is 270 g/mol. The van der Waals surface area contributed by atoms with Gasteiger partial charge in [0.05, 0.1) is 11.3 Å². The first-order valence-corrected chi connectivity index (χ1v) is 7.40. The second kappa shape index (κ2) is 4.97. The highest BCUT2D eigenvalue weighted by atomic mass is 16.5.